The third-order valence-electron chi connectivity index (χ3n) is 9.61. The van der Waals surface area contributed by atoms with E-state index in [0.29, 0.717) is 136 Å². The van der Waals surface area contributed by atoms with Crippen LogP contribution < -0.4 is 20.0 Å². The second-order valence-electron chi connectivity index (χ2n) is 14.8. The first-order valence-electron chi connectivity index (χ1n) is 19.8. The number of nitrogens with zero attached hydrogens (tertiary/aromatic N) is 3. The van der Waals surface area contributed by atoms with Gasteiger partial charge in [0, 0.05) is 80.7 Å². The van der Waals surface area contributed by atoms with Gasteiger partial charge in [-0.2, -0.15) is 0 Å². The quantitative estimate of drug-likeness (QED) is 0.172. The lowest BCUT2D eigenvalue weighted by Gasteiger charge is -2.36. The summed E-state index contributed by atoms with van der Waals surface area (Å²) >= 11 is 0. The Labute approximate surface area is 334 Å². The minimum atomic E-state index is -0.551. The molecule has 2 saturated heterocycles. The van der Waals surface area contributed by atoms with Gasteiger partial charge in [0.2, 0.25) is 0 Å². The first-order chi connectivity index (χ1) is 27.7. The molecular weight excluding hydrogens is 734 g/mol. The summed E-state index contributed by atoms with van der Waals surface area (Å²) in [5, 5.41) is 0.891. The zero-order valence-corrected chi connectivity index (χ0v) is 33.8. The summed E-state index contributed by atoms with van der Waals surface area (Å²) < 4.78 is 52.6. The van der Waals surface area contributed by atoms with E-state index in [-0.39, 0.29) is 11.5 Å². The Hall–Kier alpha value is -4.44. The summed E-state index contributed by atoms with van der Waals surface area (Å²) in [7, 11) is 1.65. The molecule has 0 radical (unpaired) electrons. The van der Waals surface area contributed by atoms with E-state index in [1.807, 2.05) is 39.0 Å². The molecule has 0 spiro atoms. The number of piperazine rings is 1. The van der Waals surface area contributed by atoms with Crippen molar-refractivity contribution in [3.8, 4) is 28.2 Å². The normalized spacial score (nSPS) is 17.6. The maximum Gasteiger partial charge on any atom is 0.410 e. The van der Waals surface area contributed by atoms with Crippen molar-refractivity contribution in [3.05, 3.63) is 64.8 Å². The van der Waals surface area contributed by atoms with Gasteiger partial charge in [0.05, 0.1) is 78.4 Å². The molecule has 0 atom stereocenters. The SMILES string of the molecule is COCCOc1cc(-c2c3ccc(=O)cc-3oc3cc(N4CCN(C(=O)OC(C)(C)C)CC4)ccc23)ccc1N1CCOCCOCCOCCOCCOCC1. The Kier molecular flexibility index (Phi) is 15.4. The van der Waals surface area contributed by atoms with Crippen molar-refractivity contribution in [2.75, 3.05) is 135 Å². The van der Waals surface area contributed by atoms with Gasteiger partial charge >= 0.3 is 6.09 Å². The molecule has 0 saturated carbocycles. The van der Waals surface area contributed by atoms with E-state index in [1.165, 1.54) is 6.07 Å². The Morgan fingerprint density at radius 3 is 1.93 bits per heavy atom. The Balaban J connectivity index is 1.30. The van der Waals surface area contributed by atoms with Gasteiger partial charge in [-0.05, 0) is 62.7 Å². The standard InChI is InChI=1S/C43H57N3O11/c1-43(2,3)57-42(48)46-13-11-44(12-14-46)33-6-8-35-38(30-33)56-39-31-34(47)7-9-36(39)41(35)32-5-10-37(40(29-32)55-28-19-49-4)45-15-17-50-20-22-52-24-26-54-27-25-53-23-21-51-18-16-45/h5-10,29-31H,11-28H2,1-4H3. The molecule has 2 aromatic carbocycles. The van der Waals surface area contributed by atoms with Crippen molar-refractivity contribution in [1.82, 2.24) is 4.90 Å². The first-order valence-corrected chi connectivity index (χ1v) is 19.8. The van der Waals surface area contributed by atoms with Crippen LogP contribution in [0.2, 0.25) is 0 Å². The maximum atomic E-state index is 12.7. The summed E-state index contributed by atoms with van der Waals surface area (Å²) in [6.07, 6.45) is -0.301. The lowest BCUT2D eigenvalue weighted by Crippen LogP contribution is -2.50. The predicted octanol–water partition coefficient (Wildman–Crippen LogP) is 5.55. The van der Waals surface area contributed by atoms with E-state index in [1.54, 1.807) is 18.1 Å². The van der Waals surface area contributed by atoms with Crippen LogP contribution >= 0.6 is 0 Å². The van der Waals surface area contributed by atoms with Crippen LogP contribution in [0.5, 0.6) is 5.75 Å². The molecular formula is C43H57N3O11. The molecule has 14 nitrogen and oxygen atoms in total. The van der Waals surface area contributed by atoms with Crippen LogP contribution in [0, 0.1) is 0 Å². The van der Waals surface area contributed by atoms with Gasteiger partial charge in [0.15, 0.2) is 5.43 Å². The lowest BCUT2D eigenvalue weighted by molar-refractivity contribution is -0.0116. The van der Waals surface area contributed by atoms with E-state index in [9.17, 15) is 9.59 Å². The van der Waals surface area contributed by atoms with Crippen LogP contribution in [-0.4, -0.2) is 142 Å². The lowest BCUT2D eigenvalue weighted by atomic mass is 9.93. The molecule has 3 aliphatic heterocycles. The molecule has 1 aliphatic carbocycles. The minimum absolute atomic E-state index is 0.139. The Morgan fingerprint density at radius 1 is 0.684 bits per heavy atom. The largest absolute Gasteiger partial charge is 0.489 e. The fourth-order valence-electron chi connectivity index (χ4n) is 6.81. The summed E-state index contributed by atoms with van der Waals surface area (Å²) in [5.74, 6) is 1.17. The monoisotopic (exact) mass is 791 g/mol. The number of rotatable bonds is 7. The number of hydrogen-bond donors (Lipinski definition) is 0. The number of amides is 1. The first kappa shape index (κ1) is 42.2. The van der Waals surface area contributed by atoms with Gasteiger partial charge in [-0.15, -0.1) is 0 Å². The fourth-order valence-corrected chi connectivity index (χ4v) is 6.81. The van der Waals surface area contributed by atoms with Gasteiger partial charge in [-0.3, -0.25) is 4.79 Å². The molecule has 3 heterocycles. The van der Waals surface area contributed by atoms with Crippen molar-refractivity contribution in [3.63, 3.8) is 0 Å². The van der Waals surface area contributed by atoms with E-state index >= 15 is 0 Å². The van der Waals surface area contributed by atoms with E-state index in [4.69, 9.17) is 42.3 Å². The highest BCUT2D eigenvalue weighted by Gasteiger charge is 2.27. The molecule has 0 bridgehead atoms. The molecule has 310 valence electrons. The zero-order chi connectivity index (χ0) is 40.0. The number of methoxy groups -OCH3 is 1. The van der Waals surface area contributed by atoms with Crippen LogP contribution in [0.25, 0.3) is 33.4 Å². The zero-order valence-electron chi connectivity index (χ0n) is 33.8. The number of benzene rings is 3. The Morgan fingerprint density at radius 2 is 1.32 bits per heavy atom. The van der Waals surface area contributed by atoms with Crippen molar-refractivity contribution in [2.24, 2.45) is 0 Å². The average Bonchev–Trinajstić information content (AvgIpc) is 3.19. The van der Waals surface area contributed by atoms with Crippen molar-refractivity contribution < 1.29 is 47.1 Å². The number of hydrogen-bond acceptors (Lipinski definition) is 13. The second kappa shape index (κ2) is 20.8. The van der Waals surface area contributed by atoms with Crippen LogP contribution in [0.4, 0.5) is 16.2 Å². The van der Waals surface area contributed by atoms with Gasteiger partial charge < -0.3 is 57.0 Å². The molecule has 2 aromatic rings. The van der Waals surface area contributed by atoms with Crippen LogP contribution in [-0.2, 0) is 33.2 Å². The molecule has 6 rings (SSSR count). The molecule has 2 fully saturated rings. The average molecular weight is 792 g/mol. The van der Waals surface area contributed by atoms with Crippen LogP contribution in [0.3, 0.4) is 0 Å². The van der Waals surface area contributed by atoms with E-state index in [2.05, 4.69) is 34.1 Å². The predicted molar refractivity (Wildman–Crippen MR) is 218 cm³/mol. The summed E-state index contributed by atoms with van der Waals surface area (Å²) in [6.45, 7) is 14.8. The molecule has 0 unspecified atom stereocenters. The number of carbonyl (C=O) groups excluding carboxylic acids is 1. The second-order valence-corrected chi connectivity index (χ2v) is 14.8. The van der Waals surface area contributed by atoms with Gasteiger partial charge in [0.1, 0.15) is 29.3 Å². The fraction of sp³-hybridized carbons (Fsp3) is 0.535. The van der Waals surface area contributed by atoms with Gasteiger partial charge in [-0.1, -0.05) is 6.07 Å². The molecule has 14 heteroatoms. The molecule has 1 amide bonds. The van der Waals surface area contributed by atoms with Crippen molar-refractivity contribution in [2.45, 2.75) is 26.4 Å². The Bertz CT molecular complexity index is 1890. The third-order valence-corrected chi connectivity index (χ3v) is 9.61. The minimum Gasteiger partial charge on any atom is -0.489 e. The van der Waals surface area contributed by atoms with Crippen LogP contribution in [0.15, 0.2) is 63.8 Å². The van der Waals surface area contributed by atoms with Crippen molar-refractivity contribution >= 4 is 28.4 Å². The highest BCUT2D eigenvalue weighted by atomic mass is 16.6. The van der Waals surface area contributed by atoms with Crippen molar-refractivity contribution in [1.29, 1.82) is 0 Å². The van der Waals surface area contributed by atoms with E-state index < -0.39 is 5.60 Å². The smallest absolute Gasteiger partial charge is 0.410 e. The van der Waals surface area contributed by atoms with E-state index in [0.717, 1.165) is 33.5 Å². The molecule has 0 N–H and O–H groups in total. The number of ether oxygens (including phenoxy) is 8. The number of fused-ring (bicyclic) bond motifs is 2. The third kappa shape index (κ3) is 12.0. The summed E-state index contributed by atoms with van der Waals surface area (Å²) in [4.78, 5) is 31.5. The summed E-state index contributed by atoms with van der Waals surface area (Å²) in [6, 6.07) is 17.3. The van der Waals surface area contributed by atoms with Gasteiger partial charge in [0.25, 0.3) is 0 Å². The number of carbonyl (C=O) groups is 1. The maximum absolute atomic E-state index is 12.7. The van der Waals surface area contributed by atoms with Crippen LogP contribution in [0.1, 0.15) is 20.8 Å². The van der Waals surface area contributed by atoms with Gasteiger partial charge in [-0.25, -0.2) is 4.79 Å². The highest BCUT2D eigenvalue weighted by Crippen LogP contribution is 2.43. The highest BCUT2D eigenvalue weighted by molar-refractivity contribution is 6.03. The number of anilines is 2. The molecule has 4 aliphatic rings. The molecule has 57 heavy (non-hydrogen) atoms. The molecule has 0 aromatic heterocycles. The topological polar surface area (TPSA) is 131 Å². The summed E-state index contributed by atoms with van der Waals surface area (Å²) in [5.41, 5.74) is 4.45.